The quantitative estimate of drug-likeness (QED) is 0.829. The number of nitrogens with one attached hydrogen (secondary N) is 1. The highest BCUT2D eigenvalue weighted by Gasteiger charge is 2.07. The molecule has 2 N–H and O–H groups in total. The lowest BCUT2D eigenvalue weighted by molar-refractivity contribution is 0.146. The van der Waals surface area contributed by atoms with E-state index in [1.807, 2.05) is 0 Å². The standard InChI is InChI=1S/C13H15F2N3O/c14-11-2-3-13(15)10(6-11)7-16-8-12(19)9-18-5-1-4-17-18/h1-6,12,16,19H,7-9H2. The highest BCUT2D eigenvalue weighted by atomic mass is 19.1. The fraction of sp³-hybridized carbons (Fsp3) is 0.308. The molecular weight excluding hydrogens is 252 g/mol. The first-order chi connectivity index (χ1) is 9.15. The molecule has 4 nitrogen and oxygen atoms in total. The predicted molar refractivity (Wildman–Crippen MR) is 66.3 cm³/mol. The lowest BCUT2D eigenvalue weighted by Gasteiger charge is -2.12. The third-order valence-electron chi connectivity index (χ3n) is 2.66. The predicted octanol–water partition coefficient (Wildman–Crippen LogP) is 1.31. The first-order valence-electron chi connectivity index (χ1n) is 5.95. The van der Waals surface area contributed by atoms with Crippen molar-refractivity contribution in [3.63, 3.8) is 0 Å². The summed E-state index contributed by atoms with van der Waals surface area (Å²) in [5.41, 5.74) is 0.242. The van der Waals surface area contributed by atoms with E-state index in [4.69, 9.17) is 0 Å². The van der Waals surface area contributed by atoms with Gasteiger partial charge >= 0.3 is 0 Å². The third-order valence-corrected chi connectivity index (χ3v) is 2.66. The highest BCUT2D eigenvalue weighted by Crippen LogP contribution is 2.09. The van der Waals surface area contributed by atoms with E-state index in [9.17, 15) is 13.9 Å². The maximum Gasteiger partial charge on any atom is 0.127 e. The molecule has 0 spiro atoms. The zero-order valence-corrected chi connectivity index (χ0v) is 10.3. The largest absolute Gasteiger partial charge is 0.390 e. The van der Waals surface area contributed by atoms with Gasteiger partial charge in [0.25, 0.3) is 0 Å². The van der Waals surface area contributed by atoms with Gasteiger partial charge in [-0.1, -0.05) is 0 Å². The Labute approximate surface area is 109 Å². The minimum absolute atomic E-state index is 0.166. The molecule has 19 heavy (non-hydrogen) atoms. The summed E-state index contributed by atoms with van der Waals surface area (Å²) >= 11 is 0. The number of benzene rings is 1. The van der Waals surface area contributed by atoms with Crippen molar-refractivity contribution in [2.24, 2.45) is 0 Å². The monoisotopic (exact) mass is 267 g/mol. The Hall–Kier alpha value is -1.79. The van der Waals surface area contributed by atoms with Crippen molar-refractivity contribution >= 4 is 0 Å². The number of aliphatic hydroxyl groups excluding tert-OH is 1. The van der Waals surface area contributed by atoms with Crippen LogP contribution in [-0.2, 0) is 13.1 Å². The molecule has 0 fully saturated rings. The molecule has 2 aromatic rings. The molecule has 0 aliphatic carbocycles. The molecule has 0 saturated carbocycles. The lowest BCUT2D eigenvalue weighted by Crippen LogP contribution is -2.30. The fourth-order valence-corrected chi connectivity index (χ4v) is 1.74. The summed E-state index contributed by atoms with van der Waals surface area (Å²) in [6, 6.07) is 5.07. The van der Waals surface area contributed by atoms with E-state index in [1.165, 1.54) is 0 Å². The van der Waals surface area contributed by atoms with Crippen molar-refractivity contribution in [3.8, 4) is 0 Å². The molecule has 0 bridgehead atoms. The van der Waals surface area contributed by atoms with Crippen LogP contribution in [0.15, 0.2) is 36.7 Å². The van der Waals surface area contributed by atoms with E-state index in [1.54, 1.807) is 23.1 Å². The topological polar surface area (TPSA) is 50.1 Å². The summed E-state index contributed by atoms with van der Waals surface area (Å²) in [6.07, 6.45) is 2.73. The number of hydrogen-bond acceptors (Lipinski definition) is 3. The molecule has 0 aliphatic rings. The second-order valence-corrected chi connectivity index (χ2v) is 4.25. The Morgan fingerprint density at radius 1 is 1.37 bits per heavy atom. The highest BCUT2D eigenvalue weighted by molar-refractivity contribution is 5.18. The van der Waals surface area contributed by atoms with Gasteiger partial charge in [-0.2, -0.15) is 5.10 Å². The van der Waals surface area contributed by atoms with Gasteiger partial charge in [-0.3, -0.25) is 4.68 Å². The van der Waals surface area contributed by atoms with Gasteiger partial charge in [-0.25, -0.2) is 8.78 Å². The van der Waals surface area contributed by atoms with Gasteiger partial charge in [0.2, 0.25) is 0 Å². The summed E-state index contributed by atoms with van der Waals surface area (Å²) in [5, 5.41) is 16.6. The molecule has 1 atom stereocenters. The van der Waals surface area contributed by atoms with Crippen LogP contribution >= 0.6 is 0 Å². The van der Waals surface area contributed by atoms with Crippen molar-refractivity contribution in [1.29, 1.82) is 0 Å². The van der Waals surface area contributed by atoms with E-state index in [0.29, 0.717) is 6.54 Å². The van der Waals surface area contributed by atoms with Crippen LogP contribution in [0.3, 0.4) is 0 Å². The Morgan fingerprint density at radius 2 is 2.21 bits per heavy atom. The Bertz CT molecular complexity index is 517. The summed E-state index contributed by atoms with van der Waals surface area (Å²) < 4.78 is 27.9. The molecule has 6 heteroatoms. The van der Waals surface area contributed by atoms with Crippen LogP contribution in [0.25, 0.3) is 0 Å². The number of aromatic nitrogens is 2. The van der Waals surface area contributed by atoms with E-state index in [2.05, 4.69) is 10.4 Å². The molecule has 1 aromatic carbocycles. The summed E-state index contributed by atoms with van der Waals surface area (Å²) in [7, 11) is 0. The summed E-state index contributed by atoms with van der Waals surface area (Å²) in [5.74, 6) is -0.939. The van der Waals surface area contributed by atoms with Gasteiger partial charge in [-0.15, -0.1) is 0 Å². The van der Waals surface area contributed by atoms with Gasteiger partial charge in [0.05, 0.1) is 12.6 Å². The minimum atomic E-state index is -0.642. The second kappa shape index (κ2) is 6.40. The number of nitrogens with zero attached hydrogens (tertiary/aromatic N) is 2. The van der Waals surface area contributed by atoms with Crippen molar-refractivity contribution in [2.75, 3.05) is 6.54 Å². The Balaban J connectivity index is 1.78. The zero-order valence-electron chi connectivity index (χ0n) is 10.3. The molecule has 0 radical (unpaired) electrons. The van der Waals surface area contributed by atoms with E-state index < -0.39 is 17.7 Å². The Kier molecular flexibility index (Phi) is 4.59. The van der Waals surface area contributed by atoms with Gasteiger partial charge < -0.3 is 10.4 Å². The lowest BCUT2D eigenvalue weighted by atomic mass is 10.2. The van der Waals surface area contributed by atoms with Crippen molar-refractivity contribution in [2.45, 2.75) is 19.2 Å². The van der Waals surface area contributed by atoms with Gasteiger partial charge in [0, 0.05) is 31.0 Å². The number of halogens is 2. The maximum atomic E-state index is 13.3. The molecule has 102 valence electrons. The average molecular weight is 267 g/mol. The molecular formula is C13H15F2N3O. The zero-order chi connectivity index (χ0) is 13.7. The second-order valence-electron chi connectivity index (χ2n) is 4.25. The molecule has 0 aliphatic heterocycles. The van der Waals surface area contributed by atoms with E-state index in [0.717, 1.165) is 18.2 Å². The SMILES string of the molecule is OC(CNCc1cc(F)ccc1F)Cn1cccn1. The van der Waals surface area contributed by atoms with Crippen LogP contribution in [0.1, 0.15) is 5.56 Å². The number of aliphatic hydroxyl groups is 1. The van der Waals surface area contributed by atoms with Crippen LogP contribution in [0.2, 0.25) is 0 Å². The van der Waals surface area contributed by atoms with E-state index >= 15 is 0 Å². The van der Waals surface area contributed by atoms with Crippen LogP contribution in [0.4, 0.5) is 8.78 Å². The van der Waals surface area contributed by atoms with E-state index in [-0.39, 0.29) is 18.7 Å². The van der Waals surface area contributed by atoms with Crippen molar-refractivity contribution in [1.82, 2.24) is 15.1 Å². The molecule has 1 unspecified atom stereocenters. The molecule has 2 rings (SSSR count). The van der Waals surface area contributed by atoms with Gasteiger partial charge in [0.1, 0.15) is 11.6 Å². The van der Waals surface area contributed by atoms with Crippen molar-refractivity contribution in [3.05, 3.63) is 53.9 Å². The Morgan fingerprint density at radius 3 is 2.95 bits per heavy atom. The first kappa shape index (κ1) is 13.6. The fourth-order valence-electron chi connectivity index (χ4n) is 1.74. The average Bonchev–Trinajstić information content (AvgIpc) is 2.86. The molecule has 1 aromatic heterocycles. The smallest absolute Gasteiger partial charge is 0.127 e. The first-order valence-corrected chi connectivity index (χ1v) is 5.95. The van der Waals surface area contributed by atoms with Crippen LogP contribution in [0.5, 0.6) is 0 Å². The third kappa shape index (κ3) is 4.11. The summed E-state index contributed by atoms with van der Waals surface area (Å²) in [4.78, 5) is 0. The molecule has 1 heterocycles. The molecule has 0 saturated heterocycles. The van der Waals surface area contributed by atoms with Crippen LogP contribution in [-0.4, -0.2) is 27.5 Å². The number of hydrogen-bond donors (Lipinski definition) is 2. The van der Waals surface area contributed by atoms with Crippen LogP contribution in [0, 0.1) is 11.6 Å². The summed E-state index contributed by atoms with van der Waals surface area (Å²) in [6.45, 7) is 0.793. The van der Waals surface area contributed by atoms with Crippen molar-refractivity contribution < 1.29 is 13.9 Å². The maximum absolute atomic E-state index is 13.3. The minimum Gasteiger partial charge on any atom is -0.390 e. The molecule has 0 amide bonds. The van der Waals surface area contributed by atoms with Gasteiger partial charge in [0.15, 0.2) is 0 Å². The number of rotatable bonds is 6. The van der Waals surface area contributed by atoms with Gasteiger partial charge in [-0.05, 0) is 24.3 Å². The van der Waals surface area contributed by atoms with Crippen LogP contribution < -0.4 is 5.32 Å². The normalized spacial score (nSPS) is 12.6.